The molecule has 27 heavy (non-hydrogen) atoms. The molecule has 2 unspecified atom stereocenters. The third-order valence-corrected chi connectivity index (χ3v) is 4.14. The number of halogens is 1. The summed E-state index contributed by atoms with van der Waals surface area (Å²) in [6, 6.07) is 6.04. The van der Waals surface area contributed by atoms with E-state index in [-0.39, 0.29) is 24.4 Å². The van der Waals surface area contributed by atoms with Crippen LogP contribution < -0.4 is 15.4 Å². The van der Waals surface area contributed by atoms with E-state index in [9.17, 15) is 9.18 Å². The highest BCUT2D eigenvalue weighted by molar-refractivity contribution is 5.84. The molecule has 1 heterocycles. The van der Waals surface area contributed by atoms with Crippen molar-refractivity contribution in [3.8, 4) is 5.75 Å². The minimum Gasteiger partial charge on any atom is -0.489 e. The zero-order valence-corrected chi connectivity index (χ0v) is 16.2. The normalized spacial score (nSPS) is 18.1. The molecule has 1 aliphatic heterocycles. The molecule has 1 saturated heterocycles. The number of guanidine groups is 1. The van der Waals surface area contributed by atoms with Crippen molar-refractivity contribution in [2.75, 3.05) is 46.9 Å². The molecular formula is C19H29FN4O3. The van der Waals surface area contributed by atoms with Crippen LogP contribution in [0.3, 0.4) is 0 Å². The van der Waals surface area contributed by atoms with E-state index in [4.69, 9.17) is 9.47 Å². The van der Waals surface area contributed by atoms with E-state index in [2.05, 4.69) is 15.6 Å². The molecule has 2 N–H and O–H groups in total. The van der Waals surface area contributed by atoms with E-state index in [0.717, 1.165) is 26.2 Å². The largest absolute Gasteiger partial charge is 0.489 e. The lowest BCUT2D eigenvalue weighted by Crippen LogP contribution is -2.44. The number of hydrogen-bond donors (Lipinski definition) is 2. The summed E-state index contributed by atoms with van der Waals surface area (Å²) in [6.45, 7) is 4.63. The fraction of sp³-hybridized carbons (Fsp3) is 0.579. The molecule has 0 aromatic heterocycles. The van der Waals surface area contributed by atoms with Crippen LogP contribution in [0.25, 0.3) is 0 Å². The first-order valence-corrected chi connectivity index (χ1v) is 9.16. The Balaban J connectivity index is 1.86. The molecule has 7 nitrogen and oxygen atoms in total. The van der Waals surface area contributed by atoms with Gasteiger partial charge in [0.15, 0.2) is 5.96 Å². The minimum absolute atomic E-state index is 0.0582. The number of nitrogens with one attached hydrogen (secondary N) is 2. The third kappa shape index (κ3) is 7.82. The zero-order valence-electron chi connectivity index (χ0n) is 16.2. The van der Waals surface area contributed by atoms with Gasteiger partial charge in [0.25, 0.3) is 0 Å². The summed E-state index contributed by atoms with van der Waals surface area (Å²) in [5, 5.41) is 6.44. The van der Waals surface area contributed by atoms with Crippen LogP contribution in [-0.2, 0) is 9.53 Å². The lowest BCUT2D eigenvalue weighted by atomic mass is 10.1. The monoisotopic (exact) mass is 380 g/mol. The molecule has 0 saturated carbocycles. The second kappa shape index (κ2) is 10.7. The number of rotatable bonds is 8. The molecule has 1 aromatic carbocycles. The molecule has 2 atom stereocenters. The number of ether oxygens (including phenoxy) is 2. The Hall–Kier alpha value is -2.35. The summed E-state index contributed by atoms with van der Waals surface area (Å²) in [5.74, 6) is 1.04. The summed E-state index contributed by atoms with van der Waals surface area (Å²) < 4.78 is 24.3. The second-order valence-corrected chi connectivity index (χ2v) is 6.83. The fourth-order valence-corrected chi connectivity index (χ4v) is 2.50. The number of benzene rings is 1. The predicted octanol–water partition coefficient (Wildman–Crippen LogP) is 1.25. The molecule has 1 fully saturated rings. The molecule has 1 aromatic rings. The van der Waals surface area contributed by atoms with Gasteiger partial charge in [-0.05, 0) is 25.5 Å². The Morgan fingerprint density at radius 1 is 1.44 bits per heavy atom. The van der Waals surface area contributed by atoms with E-state index in [1.807, 2.05) is 6.92 Å². The highest BCUT2D eigenvalue weighted by atomic mass is 19.1. The molecule has 0 radical (unpaired) electrons. The first-order chi connectivity index (χ1) is 12.9. The molecule has 0 aliphatic carbocycles. The van der Waals surface area contributed by atoms with Crippen molar-refractivity contribution in [3.05, 3.63) is 30.1 Å². The number of nitrogens with zero attached hydrogens (tertiary/aromatic N) is 2. The summed E-state index contributed by atoms with van der Waals surface area (Å²) in [6.07, 6.45) is 0.800. The lowest BCUT2D eigenvalue weighted by molar-refractivity contribution is -0.127. The zero-order chi connectivity index (χ0) is 19.6. The molecule has 1 amide bonds. The maximum atomic E-state index is 13.3. The van der Waals surface area contributed by atoms with Gasteiger partial charge in [0, 0.05) is 39.2 Å². The van der Waals surface area contributed by atoms with Crippen LogP contribution in [-0.4, -0.2) is 69.8 Å². The Bertz CT molecular complexity index is 633. The maximum absolute atomic E-state index is 13.3. The van der Waals surface area contributed by atoms with Crippen LogP contribution in [0.2, 0.25) is 0 Å². The Morgan fingerprint density at radius 3 is 2.93 bits per heavy atom. The smallest absolute Gasteiger partial charge is 0.243 e. The lowest BCUT2D eigenvalue weighted by Gasteiger charge is -2.19. The van der Waals surface area contributed by atoms with E-state index in [1.165, 1.54) is 17.0 Å². The van der Waals surface area contributed by atoms with Crippen LogP contribution in [0.15, 0.2) is 29.3 Å². The van der Waals surface area contributed by atoms with Gasteiger partial charge in [-0.2, -0.15) is 0 Å². The standard InChI is InChI=1S/C19H29FN4O3/c1-14(27-17-6-4-5-16(20)9-17)10-21-19(23-12-18(25)24(2)3)22-11-15-7-8-26-13-15/h4-6,9,14-15H,7-8,10-13H2,1-3H3,(H2,21,22,23). The van der Waals surface area contributed by atoms with Crippen LogP contribution in [0.5, 0.6) is 5.75 Å². The van der Waals surface area contributed by atoms with Gasteiger partial charge in [-0.25, -0.2) is 9.38 Å². The third-order valence-electron chi connectivity index (χ3n) is 4.14. The van der Waals surface area contributed by atoms with E-state index >= 15 is 0 Å². The second-order valence-electron chi connectivity index (χ2n) is 6.83. The van der Waals surface area contributed by atoms with E-state index in [1.54, 1.807) is 26.2 Å². The van der Waals surface area contributed by atoms with Crippen molar-refractivity contribution in [1.82, 2.24) is 15.5 Å². The van der Waals surface area contributed by atoms with Crippen molar-refractivity contribution in [2.24, 2.45) is 10.9 Å². The first-order valence-electron chi connectivity index (χ1n) is 9.16. The molecule has 0 bridgehead atoms. The minimum atomic E-state index is -0.336. The summed E-state index contributed by atoms with van der Waals surface area (Å²) in [4.78, 5) is 17.6. The summed E-state index contributed by atoms with van der Waals surface area (Å²) in [5.41, 5.74) is 0. The Labute approximate surface area is 159 Å². The topological polar surface area (TPSA) is 75.2 Å². The van der Waals surface area contributed by atoms with Crippen LogP contribution in [0.4, 0.5) is 4.39 Å². The van der Waals surface area contributed by atoms with E-state index < -0.39 is 0 Å². The van der Waals surface area contributed by atoms with Gasteiger partial charge in [0.1, 0.15) is 24.2 Å². The van der Waals surface area contributed by atoms with Gasteiger partial charge >= 0.3 is 0 Å². The van der Waals surface area contributed by atoms with Gasteiger partial charge in [-0.15, -0.1) is 0 Å². The first kappa shape index (κ1) is 21.0. The molecule has 150 valence electrons. The Morgan fingerprint density at radius 2 is 2.26 bits per heavy atom. The highest BCUT2D eigenvalue weighted by Crippen LogP contribution is 2.13. The average molecular weight is 380 g/mol. The van der Waals surface area contributed by atoms with Crippen LogP contribution in [0, 0.1) is 11.7 Å². The van der Waals surface area contributed by atoms with Crippen molar-refractivity contribution < 1.29 is 18.7 Å². The van der Waals surface area contributed by atoms with Gasteiger partial charge < -0.3 is 25.0 Å². The van der Waals surface area contributed by atoms with Crippen molar-refractivity contribution in [3.63, 3.8) is 0 Å². The number of aliphatic imine (C=N–C) groups is 1. The molecule has 0 spiro atoms. The summed E-state index contributed by atoms with van der Waals surface area (Å²) >= 11 is 0. The Kier molecular flexibility index (Phi) is 8.32. The van der Waals surface area contributed by atoms with Gasteiger partial charge in [-0.1, -0.05) is 6.07 Å². The molecular weight excluding hydrogens is 351 g/mol. The van der Waals surface area contributed by atoms with Gasteiger partial charge in [-0.3, -0.25) is 4.79 Å². The molecule has 2 rings (SSSR count). The van der Waals surface area contributed by atoms with Gasteiger partial charge in [0.2, 0.25) is 5.91 Å². The predicted molar refractivity (Wildman–Crippen MR) is 102 cm³/mol. The maximum Gasteiger partial charge on any atom is 0.243 e. The quantitative estimate of drug-likeness (QED) is 0.525. The van der Waals surface area contributed by atoms with Crippen molar-refractivity contribution >= 4 is 11.9 Å². The van der Waals surface area contributed by atoms with Crippen LogP contribution in [0.1, 0.15) is 13.3 Å². The molecule has 1 aliphatic rings. The number of likely N-dealkylation sites (N-methyl/N-ethyl adjacent to an activating group) is 1. The number of carbonyl (C=O) groups excluding carboxylic acids is 1. The van der Waals surface area contributed by atoms with Crippen molar-refractivity contribution in [2.45, 2.75) is 19.4 Å². The number of carbonyl (C=O) groups is 1. The average Bonchev–Trinajstić information content (AvgIpc) is 3.14. The van der Waals surface area contributed by atoms with Gasteiger partial charge in [0.05, 0.1) is 13.2 Å². The fourth-order valence-electron chi connectivity index (χ4n) is 2.50. The van der Waals surface area contributed by atoms with Crippen molar-refractivity contribution in [1.29, 1.82) is 0 Å². The molecule has 8 heteroatoms. The van der Waals surface area contributed by atoms with E-state index in [0.29, 0.717) is 24.2 Å². The number of amides is 1. The van der Waals surface area contributed by atoms with Crippen LogP contribution >= 0.6 is 0 Å². The number of hydrogen-bond acceptors (Lipinski definition) is 4. The summed E-state index contributed by atoms with van der Waals surface area (Å²) in [7, 11) is 3.40. The highest BCUT2D eigenvalue weighted by Gasteiger charge is 2.16. The SMILES string of the molecule is CC(CNC(=NCC(=O)N(C)C)NCC1CCOC1)Oc1cccc(F)c1.